The van der Waals surface area contributed by atoms with E-state index < -0.39 is 12.0 Å². The molecule has 27 heavy (non-hydrogen) atoms. The smallest absolute Gasteiger partial charge is 0.409 e. The topological polar surface area (TPSA) is 87.7 Å². The number of anilines is 1. The number of hydrogen-bond acceptors (Lipinski definition) is 6. The third-order valence-corrected chi connectivity index (χ3v) is 6.69. The number of carbonyl (C=O) groups is 3. The van der Waals surface area contributed by atoms with E-state index in [1.807, 2.05) is 0 Å². The van der Waals surface area contributed by atoms with Crippen molar-refractivity contribution in [3.05, 3.63) is 36.3 Å². The molecule has 0 aromatic carbocycles. The number of amides is 3. The van der Waals surface area contributed by atoms with Crippen LogP contribution < -0.4 is 10.6 Å². The molecule has 7 nitrogen and oxygen atoms in total. The predicted molar refractivity (Wildman–Crippen MR) is 107 cm³/mol. The van der Waals surface area contributed by atoms with Gasteiger partial charge in [0, 0.05) is 18.5 Å². The van der Waals surface area contributed by atoms with Crippen molar-refractivity contribution in [2.45, 2.75) is 13.0 Å². The van der Waals surface area contributed by atoms with Gasteiger partial charge in [-0.3, -0.25) is 9.59 Å². The van der Waals surface area contributed by atoms with E-state index in [-0.39, 0.29) is 15.8 Å². The van der Waals surface area contributed by atoms with Crippen LogP contribution in [0.2, 0.25) is 8.67 Å². The van der Waals surface area contributed by atoms with Crippen molar-refractivity contribution in [2.24, 2.45) is 0 Å². The fourth-order valence-electron chi connectivity index (χ4n) is 2.81. The average molecular weight is 448 g/mol. The number of rotatable bonds is 3. The van der Waals surface area contributed by atoms with Crippen LogP contribution in [0.15, 0.2) is 6.07 Å². The summed E-state index contributed by atoms with van der Waals surface area (Å²) in [5.74, 6) is -0.750. The second-order valence-electron chi connectivity index (χ2n) is 5.62. The van der Waals surface area contributed by atoms with Gasteiger partial charge in [0.1, 0.15) is 9.34 Å². The Morgan fingerprint density at radius 2 is 1.96 bits per heavy atom. The van der Waals surface area contributed by atoms with Crippen molar-refractivity contribution >= 4 is 68.8 Å². The van der Waals surface area contributed by atoms with E-state index in [0.717, 1.165) is 21.8 Å². The molecule has 0 saturated heterocycles. The first-order valence-electron chi connectivity index (χ1n) is 7.81. The Hall–Kier alpha value is -1.81. The van der Waals surface area contributed by atoms with Crippen LogP contribution in [0.3, 0.4) is 0 Å². The molecule has 0 saturated carbocycles. The standard InChI is InChI=1S/C16H15Cl2N3O4S2/c1-19-14(23)11-7-3-4-21(16(24)25-2)6-9(7)26-15(11)20-13(22)8-5-10(17)27-12(8)18/h5H,3-4,6H2,1-2H3,(H,19,23)(H,20,22). The van der Waals surface area contributed by atoms with E-state index in [1.54, 1.807) is 4.90 Å². The number of fused-ring (bicyclic) bond motifs is 1. The zero-order valence-electron chi connectivity index (χ0n) is 14.4. The second kappa shape index (κ2) is 8.05. The molecule has 1 aliphatic heterocycles. The molecule has 2 aromatic heterocycles. The molecule has 144 valence electrons. The first-order valence-corrected chi connectivity index (χ1v) is 10.2. The van der Waals surface area contributed by atoms with Crippen molar-refractivity contribution in [1.82, 2.24) is 10.2 Å². The summed E-state index contributed by atoms with van der Waals surface area (Å²) >= 11 is 14.3. The number of halogens is 2. The van der Waals surface area contributed by atoms with Gasteiger partial charge in [-0.05, 0) is 18.1 Å². The lowest BCUT2D eigenvalue weighted by atomic mass is 10.0. The van der Waals surface area contributed by atoms with Crippen LogP contribution in [0.4, 0.5) is 9.80 Å². The lowest BCUT2D eigenvalue weighted by Gasteiger charge is -2.25. The maximum absolute atomic E-state index is 12.6. The first-order chi connectivity index (χ1) is 12.8. The van der Waals surface area contributed by atoms with E-state index in [1.165, 1.54) is 31.6 Å². The van der Waals surface area contributed by atoms with Gasteiger partial charge in [-0.2, -0.15) is 0 Å². The average Bonchev–Trinajstić information content (AvgIpc) is 3.18. The van der Waals surface area contributed by atoms with Gasteiger partial charge < -0.3 is 20.3 Å². The van der Waals surface area contributed by atoms with Gasteiger partial charge in [-0.25, -0.2) is 4.79 Å². The van der Waals surface area contributed by atoms with Gasteiger partial charge >= 0.3 is 6.09 Å². The maximum Gasteiger partial charge on any atom is 0.409 e. The molecule has 0 unspecified atom stereocenters. The molecule has 0 bridgehead atoms. The molecule has 3 amide bonds. The number of methoxy groups -OCH3 is 1. The van der Waals surface area contributed by atoms with Gasteiger partial charge in [0.2, 0.25) is 0 Å². The number of nitrogens with one attached hydrogen (secondary N) is 2. The van der Waals surface area contributed by atoms with Crippen LogP contribution in [0, 0.1) is 0 Å². The zero-order chi connectivity index (χ0) is 19.7. The minimum absolute atomic E-state index is 0.247. The summed E-state index contributed by atoms with van der Waals surface area (Å²) in [6.45, 7) is 0.747. The van der Waals surface area contributed by atoms with Crippen molar-refractivity contribution in [2.75, 3.05) is 26.0 Å². The van der Waals surface area contributed by atoms with E-state index in [4.69, 9.17) is 27.9 Å². The van der Waals surface area contributed by atoms with Crippen LogP contribution in [0.1, 0.15) is 31.2 Å². The Morgan fingerprint density at radius 3 is 2.56 bits per heavy atom. The molecule has 0 radical (unpaired) electrons. The van der Waals surface area contributed by atoms with Gasteiger partial charge in [-0.1, -0.05) is 23.2 Å². The fraction of sp³-hybridized carbons (Fsp3) is 0.312. The minimum Gasteiger partial charge on any atom is -0.453 e. The van der Waals surface area contributed by atoms with Crippen molar-refractivity contribution in [3.8, 4) is 0 Å². The molecule has 3 rings (SSSR count). The first kappa shape index (κ1) is 19.9. The van der Waals surface area contributed by atoms with Crippen LogP contribution in [0.25, 0.3) is 0 Å². The Balaban J connectivity index is 1.94. The quantitative estimate of drug-likeness (QED) is 0.747. The normalized spacial score (nSPS) is 13.1. The maximum atomic E-state index is 12.6. The summed E-state index contributed by atoms with van der Waals surface area (Å²) in [4.78, 5) is 39.2. The Labute approximate surface area is 173 Å². The molecule has 2 aromatic rings. The highest BCUT2D eigenvalue weighted by Crippen LogP contribution is 2.38. The molecule has 3 heterocycles. The largest absolute Gasteiger partial charge is 0.453 e. The molecule has 11 heteroatoms. The molecule has 2 N–H and O–H groups in total. The molecule has 1 aliphatic rings. The van der Waals surface area contributed by atoms with E-state index in [9.17, 15) is 14.4 Å². The predicted octanol–water partition coefficient (Wildman–Crippen LogP) is 3.85. The van der Waals surface area contributed by atoms with Crippen LogP contribution in [-0.4, -0.2) is 43.5 Å². The number of hydrogen-bond donors (Lipinski definition) is 2. The minimum atomic E-state index is -0.447. The van der Waals surface area contributed by atoms with Gasteiger partial charge in [-0.15, -0.1) is 22.7 Å². The highest BCUT2D eigenvalue weighted by molar-refractivity contribution is 7.20. The third kappa shape index (κ3) is 3.91. The summed E-state index contributed by atoms with van der Waals surface area (Å²) in [7, 11) is 2.85. The molecular formula is C16H15Cl2N3O4S2. The molecule has 0 spiro atoms. The van der Waals surface area contributed by atoms with Gasteiger partial charge in [0.05, 0.1) is 29.1 Å². The summed E-state index contributed by atoms with van der Waals surface area (Å²) in [5, 5.41) is 5.77. The van der Waals surface area contributed by atoms with Crippen molar-refractivity contribution < 1.29 is 19.1 Å². The fourth-order valence-corrected chi connectivity index (χ4v) is 5.52. The number of ether oxygens (including phenoxy) is 1. The lowest BCUT2D eigenvalue weighted by molar-refractivity contribution is 0.0962. The van der Waals surface area contributed by atoms with E-state index in [0.29, 0.717) is 34.4 Å². The number of nitrogens with zero attached hydrogens (tertiary/aromatic N) is 1. The van der Waals surface area contributed by atoms with Crippen molar-refractivity contribution in [1.29, 1.82) is 0 Å². The van der Waals surface area contributed by atoms with E-state index in [2.05, 4.69) is 10.6 Å². The molecular weight excluding hydrogens is 433 g/mol. The number of carbonyl (C=O) groups excluding carboxylic acids is 3. The summed E-state index contributed by atoms with van der Waals surface area (Å²) in [6, 6.07) is 1.48. The van der Waals surface area contributed by atoms with Crippen LogP contribution in [0.5, 0.6) is 0 Å². The molecule has 0 aliphatic carbocycles. The van der Waals surface area contributed by atoms with Crippen molar-refractivity contribution in [3.63, 3.8) is 0 Å². The summed E-state index contributed by atoms with van der Waals surface area (Å²) in [6.07, 6.45) is 0.0609. The Bertz CT molecular complexity index is 925. The number of thiophene rings is 2. The second-order valence-corrected chi connectivity index (χ2v) is 9.01. The van der Waals surface area contributed by atoms with E-state index >= 15 is 0 Å². The van der Waals surface area contributed by atoms with Crippen LogP contribution in [-0.2, 0) is 17.7 Å². The van der Waals surface area contributed by atoms with Gasteiger partial charge in [0.15, 0.2) is 0 Å². The van der Waals surface area contributed by atoms with Gasteiger partial charge in [0.25, 0.3) is 11.8 Å². The third-order valence-electron chi connectivity index (χ3n) is 4.07. The SMILES string of the molecule is CNC(=O)c1c(NC(=O)c2cc(Cl)sc2Cl)sc2c1CCN(C(=O)OC)C2. The zero-order valence-corrected chi connectivity index (χ0v) is 17.5. The highest BCUT2D eigenvalue weighted by Gasteiger charge is 2.30. The monoisotopic (exact) mass is 447 g/mol. The summed E-state index contributed by atoms with van der Waals surface area (Å²) in [5.41, 5.74) is 1.48. The molecule has 0 atom stereocenters. The lowest BCUT2D eigenvalue weighted by Crippen LogP contribution is -2.35. The molecule has 0 fully saturated rings. The Kier molecular flexibility index (Phi) is 5.95. The summed E-state index contributed by atoms with van der Waals surface area (Å²) < 4.78 is 5.44. The van der Waals surface area contributed by atoms with Crippen LogP contribution >= 0.6 is 45.9 Å². The Morgan fingerprint density at radius 1 is 1.22 bits per heavy atom. The highest BCUT2D eigenvalue weighted by atomic mass is 35.5.